The molecule has 1 aromatic heterocycles. The van der Waals surface area contributed by atoms with E-state index in [1.54, 1.807) is 49.4 Å². The zero-order valence-electron chi connectivity index (χ0n) is 19.5. The van der Waals surface area contributed by atoms with Gasteiger partial charge in [-0.2, -0.15) is 10.1 Å². The van der Waals surface area contributed by atoms with Gasteiger partial charge in [-0.1, -0.05) is 24.3 Å². The van der Waals surface area contributed by atoms with Crippen LogP contribution in [0.3, 0.4) is 0 Å². The number of aromatic nitrogens is 1. The average Bonchev–Trinajstić information content (AvgIpc) is 3.08. The molecular weight excluding hydrogens is 464 g/mol. The van der Waals surface area contributed by atoms with Crippen LogP contribution in [0.15, 0.2) is 48.5 Å². The molecule has 0 fully saturated rings. The fourth-order valence-corrected chi connectivity index (χ4v) is 4.37. The molecule has 1 aliphatic carbocycles. The largest absolute Gasteiger partial charge is 0.315 e. The Hall–Kier alpha value is -4.62. The van der Waals surface area contributed by atoms with Crippen LogP contribution in [0.5, 0.6) is 5.88 Å². The number of pyridine rings is 1. The minimum Gasteiger partial charge on any atom is -0.315 e. The van der Waals surface area contributed by atoms with Crippen molar-refractivity contribution in [2.24, 2.45) is 0 Å². The maximum Gasteiger partial charge on any atom is 0.277 e. The second kappa shape index (κ2) is 10.8. The Morgan fingerprint density at radius 3 is 2.39 bits per heavy atom. The Morgan fingerprint density at radius 1 is 1.03 bits per heavy atom. The smallest absolute Gasteiger partial charge is 0.277 e. The lowest BCUT2D eigenvalue weighted by Crippen LogP contribution is -2.08. The number of hydrogen-bond acceptors (Lipinski definition) is 8. The molecule has 10 heteroatoms. The second-order valence-electron chi connectivity index (χ2n) is 8.06. The SMILES string of the molecule is CCOOc1nc2c(c(-c3ccccc3[N+](=O)[O-])c1C#N)CCCC/C2=C\c1ccccc1[N+](=O)[O-]. The number of nitriles is 1. The predicted octanol–water partition coefficient (Wildman–Crippen LogP) is 6.03. The Balaban J connectivity index is 2.06. The van der Waals surface area contributed by atoms with Gasteiger partial charge in [0, 0.05) is 17.7 Å². The molecule has 3 aromatic rings. The molecule has 0 unspecified atom stereocenters. The van der Waals surface area contributed by atoms with Gasteiger partial charge in [-0.15, -0.1) is 0 Å². The van der Waals surface area contributed by atoms with Gasteiger partial charge in [0.15, 0.2) is 0 Å². The number of allylic oxidation sites excluding steroid dienone is 1. The van der Waals surface area contributed by atoms with Gasteiger partial charge < -0.3 is 4.89 Å². The summed E-state index contributed by atoms with van der Waals surface area (Å²) in [6.45, 7) is 1.89. The van der Waals surface area contributed by atoms with Gasteiger partial charge >= 0.3 is 0 Å². The first-order valence-corrected chi connectivity index (χ1v) is 11.4. The zero-order valence-corrected chi connectivity index (χ0v) is 19.5. The van der Waals surface area contributed by atoms with Crippen LogP contribution in [0.1, 0.15) is 48.6 Å². The zero-order chi connectivity index (χ0) is 25.7. The molecule has 2 aromatic carbocycles. The number of rotatable bonds is 7. The lowest BCUT2D eigenvalue weighted by Gasteiger charge is -2.18. The molecule has 1 heterocycles. The number of nitrogens with zero attached hydrogens (tertiary/aromatic N) is 4. The monoisotopic (exact) mass is 486 g/mol. The van der Waals surface area contributed by atoms with Crippen molar-refractivity contribution in [1.82, 2.24) is 4.98 Å². The quantitative estimate of drug-likeness (QED) is 0.170. The van der Waals surface area contributed by atoms with Crippen molar-refractivity contribution in [2.75, 3.05) is 6.61 Å². The van der Waals surface area contributed by atoms with Crippen molar-refractivity contribution in [1.29, 1.82) is 5.26 Å². The van der Waals surface area contributed by atoms with Gasteiger partial charge in [-0.25, -0.2) is 4.98 Å². The van der Waals surface area contributed by atoms with Gasteiger partial charge in [0.1, 0.15) is 11.6 Å². The minimum absolute atomic E-state index is 0.0310. The fourth-order valence-electron chi connectivity index (χ4n) is 4.37. The molecule has 10 nitrogen and oxygen atoms in total. The molecule has 0 amide bonds. The predicted molar refractivity (Wildman–Crippen MR) is 132 cm³/mol. The normalized spacial score (nSPS) is 13.9. The number of nitro groups is 2. The summed E-state index contributed by atoms with van der Waals surface area (Å²) in [5, 5.41) is 33.5. The third kappa shape index (κ3) is 4.78. The van der Waals surface area contributed by atoms with Crippen LogP contribution in [0.2, 0.25) is 0 Å². The van der Waals surface area contributed by atoms with Crippen LogP contribution in [0, 0.1) is 31.6 Å². The van der Waals surface area contributed by atoms with Gasteiger partial charge in [-0.05, 0) is 62.0 Å². The highest BCUT2D eigenvalue weighted by Gasteiger charge is 2.29. The lowest BCUT2D eigenvalue weighted by molar-refractivity contribution is -0.385. The fraction of sp³-hybridized carbons (Fsp3) is 0.231. The van der Waals surface area contributed by atoms with E-state index in [1.165, 1.54) is 12.1 Å². The molecule has 4 rings (SSSR count). The van der Waals surface area contributed by atoms with Crippen molar-refractivity contribution >= 4 is 23.0 Å². The van der Waals surface area contributed by atoms with Crippen LogP contribution in [0.4, 0.5) is 11.4 Å². The van der Waals surface area contributed by atoms with E-state index in [9.17, 15) is 25.5 Å². The molecule has 0 spiro atoms. The van der Waals surface area contributed by atoms with Crippen LogP contribution in [-0.2, 0) is 11.3 Å². The summed E-state index contributed by atoms with van der Waals surface area (Å²) in [5.74, 6) is -0.110. The van der Waals surface area contributed by atoms with E-state index in [0.717, 1.165) is 12.8 Å². The summed E-state index contributed by atoms with van der Waals surface area (Å²) in [4.78, 5) is 37.6. The molecule has 1 aliphatic rings. The summed E-state index contributed by atoms with van der Waals surface area (Å²) in [5.41, 5.74) is 2.72. The van der Waals surface area contributed by atoms with Crippen molar-refractivity contribution in [3.05, 3.63) is 91.1 Å². The minimum atomic E-state index is -0.493. The molecule has 0 bridgehead atoms. The third-order valence-corrected chi connectivity index (χ3v) is 5.89. The summed E-state index contributed by atoms with van der Waals surface area (Å²) in [7, 11) is 0. The van der Waals surface area contributed by atoms with E-state index in [2.05, 4.69) is 11.1 Å². The Morgan fingerprint density at radius 2 is 1.69 bits per heavy atom. The van der Waals surface area contributed by atoms with Gasteiger partial charge in [-0.3, -0.25) is 20.2 Å². The first-order valence-electron chi connectivity index (χ1n) is 11.4. The first kappa shape index (κ1) is 24.5. The molecule has 0 N–H and O–H groups in total. The standard InChI is InChI=1S/C26H22N4O6/c1-2-35-36-26-21(16-27)24(19-11-6-8-14-23(19)30(33)34)20-12-5-3-10-18(25(20)28-26)15-17-9-4-7-13-22(17)29(31)32/h4,6-9,11,13-15H,2-3,5,10,12H2,1H3/b18-15+. The molecule has 0 atom stereocenters. The molecule has 36 heavy (non-hydrogen) atoms. The molecule has 0 aliphatic heterocycles. The number of benzene rings is 2. The van der Waals surface area contributed by atoms with Crippen LogP contribution in [-0.4, -0.2) is 21.4 Å². The maximum atomic E-state index is 11.9. The molecule has 0 saturated carbocycles. The first-order chi connectivity index (χ1) is 17.5. The Labute approximate surface area is 206 Å². The highest BCUT2D eigenvalue weighted by molar-refractivity contribution is 5.90. The van der Waals surface area contributed by atoms with Crippen molar-refractivity contribution < 1.29 is 19.6 Å². The summed E-state index contributed by atoms with van der Waals surface area (Å²) in [6, 6.07) is 14.7. The summed E-state index contributed by atoms with van der Waals surface area (Å²) < 4.78 is 0. The van der Waals surface area contributed by atoms with Crippen LogP contribution < -0.4 is 4.89 Å². The lowest BCUT2D eigenvalue weighted by atomic mass is 9.90. The van der Waals surface area contributed by atoms with Crippen molar-refractivity contribution in [2.45, 2.75) is 32.6 Å². The van der Waals surface area contributed by atoms with Crippen LogP contribution in [0.25, 0.3) is 22.8 Å². The summed E-state index contributed by atoms with van der Waals surface area (Å²) >= 11 is 0. The molecule has 0 saturated heterocycles. The number of fused-ring (bicyclic) bond motifs is 1. The summed E-state index contributed by atoms with van der Waals surface area (Å²) in [6.07, 6.45) is 4.31. The van der Waals surface area contributed by atoms with E-state index in [4.69, 9.17) is 9.78 Å². The third-order valence-electron chi connectivity index (χ3n) is 5.89. The van der Waals surface area contributed by atoms with Gasteiger partial charge in [0.2, 0.25) is 0 Å². The van der Waals surface area contributed by atoms with E-state index in [-0.39, 0.29) is 35.0 Å². The highest BCUT2D eigenvalue weighted by Crippen LogP contribution is 2.43. The topological polar surface area (TPSA) is 141 Å². The van der Waals surface area contributed by atoms with Crippen molar-refractivity contribution in [3.63, 3.8) is 0 Å². The number of para-hydroxylation sites is 2. The van der Waals surface area contributed by atoms with Crippen LogP contribution >= 0.6 is 0 Å². The highest BCUT2D eigenvalue weighted by atomic mass is 17.2. The molecule has 182 valence electrons. The van der Waals surface area contributed by atoms with E-state index in [1.807, 2.05) is 0 Å². The van der Waals surface area contributed by atoms with E-state index >= 15 is 0 Å². The Bertz CT molecular complexity index is 1410. The number of nitro benzene ring substituents is 2. The van der Waals surface area contributed by atoms with E-state index < -0.39 is 9.85 Å². The average molecular weight is 486 g/mol. The number of hydrogen-bond donors (Lipinski definition) is 0. The second-order valence-corrected chi connectivity index (χ2v) is 8.06. The van der Waals surface area contributed by atoms with Gasteiger partial charge in [0.25, 0.3) is 17.3 Å². The van der Waals surface area contributed by atoms with Gasteiger partial charge in [0.05, 0.1) is 33.3 Å². The van der Waals surface area contributed by atoms with Crippen molar-refractivity contribution in [3.8, 4) is 23.1 Å². The molecular formula is C26H22N4O6. The van der Waals surface area contributed by atoms with E-state index in [0.29, 0.717) is 40.8 Å². The Kier molecular flexibility index (Phi) is 7.32. The maximum absolute atomic E-state index is 11.9. The molecule has 0 radical (unpaired) electrons.